The van der Waals surface area contributed by atoms with Gasteiger partial charge in [0.1, 0.15) is 0 Å². The largest absolute Gasteiger partial charge is 0.396 e. The standard InChI is InChI=1S/C17H30N4O2/c1-4-17(13-22)7-11-20(12-8-17)16(23)18-15-6-10-21(19-15)9-5-14(2)3/h6,10,14,22H,4-5,7-9,11-13H2,1-3H3,(H,18,19,23). The number of aliphatic hydroxyl groups excluding tert-OH is 1. The van der Waals surface area contributed by atoms with Crippen molar-refractivity contribution in [3.63, 3.8) is 0 Å². The summed E-state index contributed by atoms with van der Waals surface area (Å²) in [6, 6.07) is 1.74. The first-order chi connectivity index (χ1) is 11.0. The van der Waals surface area contributed by atoms with Crippen LogP contribution >= 0.6 is 0 Å². The molecule has 0 unspecified atom stereocenters. The zero-order valence-electron chi connectivity index (χ0n) is 14.6. The highest BCUT2D eigenvalue weighted by Crippen LogP contribution is 2.34. The monoisotopic (exact) mass is 322 g/mol. The smallest absolute Gasteiger partial charge is 0.323 e. The molecule has 6 nitrogen and oxygen atoms in total. The molecule has 1 saturated heterocycles. The van der Waals surface area contributed by atoms with Crippen LogP contribution in [0.25, 0.3) is 0 Å². The SMILES string of the molecule is CCC1(CO)CCN(C(=O)Nc2ccn(CCC(C)C)n2)CC1. The van der Waals surface area contributed by atoms with Crippen LogP contribution in [0.5, 0.6) is 0 Å². The zero-order valence-corrected chi connectivity index (χ0v) is 14.6. The number of carbonyl (C=O) groups excluding carboxylic acids is 1. The molecular formula is C17H30N4O2. The molecule has 0 saturated carbocycles. The Kier molecular flexibility index (Phi) is 6.04. The van der Waals surface area contributed by atoms with E-state index in [0.717, 1.165) is 32.2 Å². The molecular weight excluding hydrogens is 292 g/mol. The number of anilines is 1. The van der Waals surface area contributed by atoms with Gasteiger partial charge in [0.25, 0.3) is 0 Å². The topological polar surface area (TPSA) is 70.4 Å². The second kappa shape index (κ2) is 7.81. The lowest BCUT2D eigenvalue weighted by molar-refractivity contribution is 0.0542. The lowest BCUT2D eigenvalue weighted by Crippen LogP contribution is -2.46. The molecule has 1 aromatic rings. The van der Waals surface area contributed by atoms with E-state index in [2.05, 4.69) is 31.2 Å². The highest BCUT2D eigenvalue weighted by molar-refractivity contribution is 5.88. The van der Waals surface area contributed by atoms with Crippen LogP contribution in [0.3, 0.4) is 0 Å². The molecule has 1 aliphatic heterocycles. The summed E-state index contributed by atoms with van der Waals surface area (Å²) in [5.41, 5.74) is -0.00476. The quantitative estimate of drug-likeness (QED) is 0.846. The van der Waals surface area contributed by atoms with E-state index >= 15 is 0 Å². The van der Waals surface area contributed by atoms with Gasteiger partial charge in [0, 0.05) is 38.5 Å². The Balaban J connectivity index is 1.83. The van der Waals surface area contributed by atoms with E-state index in [1.807, 2.05) is 21.8 Å². The predicted octanol–water partition coefficient (Wildman–Crippen LogP) is 2.95. The zero-order chi connectivity index (χ0) is 16.9. The first-order valence-electron chi connectivity index (χ1n) is 8.68. The van der Waals surface area contributed by atoms with Crippen LogP contribution in [0.1, 0.15) is 46.5 Å². The minimum absolute atomic E-state index is 0.00476. The summed E-state index contributed by atoms with van der Waals surface area (Å²) in [5, 5.41) is 16.8. The van der Waals surface area contributed by atoms with E-state index < -0.39 is 0 Å². The molecule has 1 aromatic heterocycles. The number of piperidine rings is 1. The van der Waals surface area contributed by atoms with Crippen LogP contribution in [0, 0.1) is 11.3 Å². The van der Waals surface area contributed by atoms with Crippen LogP contribution < -0.4 is 5.32 Å². The number of amides is 2. The van der Waals surface area contributed by atoms with Gasteiger partial charge in [-0.25, -0.2) is 4.79 Å². The minimum Gasteiger partial charge on any atom is -0.396 e. The number of urea groups is 1. The van der Waals surface area contributed by atoms with Crippen molar-refractivity contribution in [2.45, 2.75) is 53.0 Å². The molecule has 2 amide bonds. The summed E-state index contributed by atoms with van der Waals surface area (Å²) < 4.78 is 1.87. The maximum absolute atomic E-state index is 12.3. The number of likely N-dealkylation sites (tertiary alicyclic amines) is 1. The maximum atomic E-state index is 12.3. The Bertz CT molecular complexity index is 498. The van der Waals surface area contributed by atoms with E-state index in [1.54, 1.807) is 0 Å². The molecule has 6 heteroatoms. The lowest BCUT2D eigenvalue weighted by atomic mass is 9.77. The maximum Gasteiger partial charge on any atom is 0.323 e. The van der Waals surface area contributed by atoms with Crippen LogP contribution in [0.4, 0.5) is 10.6 Å². The normalized spacial score (nSPS) is 17.5. The van der Waals surface area contributed by atoms with Crippen LogP contribution in [0.15, 0.2) is 12.3 Å². The van der Waals surface area contributed by atoms with Crippen LogP contribution in [-0.2, 0) is 6.54 Å². The summed E-state index contributed by atoms with van der Waals surface area (Å²) in [6.45, 7) is 8.93. The third kappa shape index (κ3) is 4.70. The number of carbonyl (C=O) groups is 1. The summed E-state index contributed by atoms with van der Waals surface area (Å²) in [5.74, 6) is 1.24. The van der Waals surface area contributed by atoms with E-state index in [1.165, 1.54) is 0 Å². The fraction of sp³-hybridized carbons (Fsp3) is 0.765. The van der Waals surface area contributed by atoms with Gasteiger partial charge in [0.2, 0.25) is 0 Å². The van der Waals surface area contributed by atoms with Crippen LogP contribution in [-0.4, -0.2) is 45.5 Å². The summed E-state index contributed by atoms with van der Waals surface area (Å²) >= 11 is 0. The van der Waals surface area contributed by atoms with Gasteiger partial charge in [-0.2, -0.15) is 5.10 Å². The van der Waals surface area contributed by atoms with Gasteiger partial charge < -0.3 is 10.0 Å². The number of nitrogens with one attached hydrogen (secondary N) is 1. The molecule has 0 aromatic carbocycles. The fourth-order valence-electron chi connectivity index (χ4n) is 2.94. The average molecular weight is 322 g/mol. The Labute approximate surface area is 138 Å². The van der Waals surface area contributed by atoms with E-state index in [9.17, 15) is 9.90 Å². The minimum atomic E-state index is -0.0956. The number of aliphatic hydroxyl groups is 1. The molecule has 1 aliphatic rings. The Hall–Kier alpha value is -1.56. The Morgan fingerprint density at radius 3 is 2.70 bits per heavy atom. The first-order valence-corrected chi connectivity index (χ1v) is 8.68. The van der Waals surface area contributed by atoms with Crippen molar-refractivity contribution in [3.8, 4) is 0 Å². The average Bonchev–Trinajstić information content (AvgIpc) is 3.00. The number of aromatic nitrogens is 2. The second-order valence-corrected chi connectivity index (χ2v) is 7.08. The molecule has 2 N–H and O–H groups in total. The number of rotatable bonds is 6. The molecule has 0 bridgehead atoms. The first kappa shape index (κ1) is 17.8. The Morgan fingerprint density at radius 2 is 2.13 bits per heavy atom. The van der Waals surface area contributed by atoms with Crippen molar-refractivity contribution in [2.75, 3.05) is 25.0 Å². The van der Waals surface area contributed by atoms with E-state index in [4.69, 9.17) is 0 Å². The van der Waals surface area contributed by atoms with Gasteiger partial charge in [-0.3, -0.25) is 10.00 Å². The molecule has 2 rings (SSSR count). The summed E-state index contributed by atoms with van der Waals surface area (Å²) in [4.78, 5) is 14.1. The second-order valence-electron chi connectivity index (χ2n) is 7.08. The van der Waals surface area contributed by atoms with Gasteiger partial charge in [0.05, 0.1) is 0 Å². The van der Waals surface area contributed by atoms with Crippen LogP contribution in [0.2, 0.25) is 0 Å². The van der Waals surface area contributed by atoms with E-state index in [-0.39, 0.29) is 18.1 Å². The van der Waals surface area contributed by atoms with Crippen molar-refractivity contribution >= 4 is 11.8 Å². The molecule has 2 heterocycles. The molecule has 0 aliphatic carbocycles. The molecule has 130 valence electrons. The third-order valence-electron chi connectivity index (χ3n) is 5.01. The number of nitrogens with zero attached hydrogens (tertiary/aromatic N) is 3. The highest BCUT2D eigenvalue weighted by Gasteiger charge is 2.33. The van der Waals surface area contributed by atoms with Gasteiger partial charge in [-0.15, -0.1) is 0 Å². The van der Waals surface area contributed by atoms with Crippen molar-refractivity contribution < 1.29 is 9.90 Å². The summed E-state index contributed by atoms with van der Waals surface area (Å²) in [7, 11) is 0. The number of hydrogen-bond acceptors (Lipinski definition) is 3. The number of hydrogen-bond donors (Lipinski definition) is 2. The Morgan fingerprint density at radius 1 is 1.43 bits per heavy atom. The molecule has 1 fully saturated rings. The van der Waals surface area contributed by atoms with Crippen molar-refractivity contribution in [1.82, 2.24) is 14.7 Å². The highest BCUT2D eigenvalue weighted by atomic mass is 16.3. The predicted molar refractivity (Wildman–Crippen MR) is 91.3 cm³/mol. The number of aryl methyl sites for hydroxylation is 1. The van der Waals surface area contributed by atoms with Crippen molar-refractivity contribution in [1.29, 1.82) is 0 Å². The van der Waals surface area contributed by atoms with Gasteiger partial charge >= 0.3 is 6.03 Å². The fourth-order valence-corrected chi connectivity index (χ4v) is 2.94. The van der Waals surface area contributed by atoms with Crippen molar-refractivity contribution in [2.24, 2.45) is 11.3 Å². The molecule has 0 radical (unpaired) electrons. The molecule has 23 heavy (non-hydrogen) atoms. The van der Waals surface area contributed by atoms with Gasteiger partial charge in [-0.1, -0.05) is 20.8 Å². The molecule has 0 spiro atoms. The summed E-state index contributed by atoms with van der Waals surface area (Å²) in [6.07, 6.45) is 5.65. The van der Waals surface area contributed by atoms with Crippen molar-refractivity contribution in [3.05, 3.63) is 12.3 Å². The molecule has 0 atom stereocenters. The van der Waals surface area contributed by atoms with Gasteiger partial charge in [-0.05, 0) is 37.0 Å². The van der Waals surface area contributed by atoms with E-state index in [0.29, 0.717) is 24.8 Å². The lowest BCUT2D eigenvalue weighted by Gasteiger charge is -2.40. The van der Waals surface area contributed by atoms with Gasteiger partial charge in [0.15, 0.2) is 5.82 Å². The third-order valence-corrected chi connectivity index (χ3v) is 5.01.